The van der Waals surface area contributed by atoms with E-state index >= 15 is 0 Å². The van der Waals surface area contributed by atoms with E-state index in [1.165, 1.54) is 6.07 Å². The molecule has 0 saturated heterocycles. The second-order valence-electron chi connectivity index (χ2n) is 3.60. The number of nitriles is 1. The fraction of sp³-hybridized carbons (Fsp3) is 0.263. The standard InChI is InChI=1S/C8H7N.C7H6O2.2C2H6/c1-7-4-2-3-5-8(7)6-9;8-5-6-3-1-2-4-7(6)9;2*1-2/h2-5H,1H3;1-5,9H;2*1-2H3. The molecule has 0 heterocycles. The highest BCUT2D eigenvalue weighted by molar-refractivity contribution is 5.78. The van der Waals surface area contributed by atoms with Crippen molar-refractivity contribution in [1.82, 2.24) is 0 Å². The van der Waals surface area contributed by atoms with Gasteiger partial charge in [0.25, 0.3) is 0 Å². The SMILES string of the molecule is CC.CC.Cc1ccccc1C#N.O=Cc1ccccc1O. The van der Waals surface area contributed by atoms with Crippen LogP contribution in [0.3, 0.4) is 0 Å². The third kappa shape index (κ3) is 8.55. The predicted molar refractivity (Wildman–Crippen MR) is 92.1 cm³/mol. The summed E-state index contributed by atoms with van der Waals surface area (Å²) in [7, 11) is 0. The van der Waals surface area contributed by atoms with E-state index in [2.05, 4.69) is 6.07 Å². The molecular formula is C19H25NO2. The van der Waals surface area contributed by atoms with Crippen molar-refractivity contribution in [2.45, 2.75) is 34.6 Å². The molecule has 0 spiro atoms. The second-order valence-corrected chi connectivity index (χ2v) is 3.60. The molecule has 0 unspecified atom stereocenters. The normalized spacial score (nSPS) is 7.64. The molecule has 2 aromatic rings. The number of carbonyl (C=O) groups is 1. The van der Waals surface area contributed by atoms with Gasteiger partial charge in [-0.15, -0.1) is 0 Å². The number of hydrogen-bond acceptors (Lipinski definition) is 3. The summed E-state index contributed by atoms with van der Waals surface area (Å²) in [5, 5.41) is 17.3. The van der Waals surface area contributed by atoms with E-state index in [1.807, 2.05) is 58.9 Å². The predicted octanol–water partition coefficient (Wildman–Crippen LogP) is 5.12. The number of para-hydroxylation sites is 1. The summed E-state index contributed by atoms with van der Waals surface area (Å²) in [5.74, 6) is 0.0347. The summed E-state index contributed by atoms with van der Waals surface area (Å²) in [5.41, 5.74) is 2.13. The lowest BCUT2D eigenvalue weighted by atomic mass is 10.1. The first kappa shape index (κ1) is 21.7. The van der Waals surface area contributed by atoms with Crippen LogP contribution in [0.25, 0.3) is 0 Å². The van der Waals surface area contributed by atoms with Crippen molar-refractivity contribution in [2.75, 3.05) is 0 Å². The first-order valence-electron chi connectivity index (χ1n) is 7.38. The average molecular weight is 299 g/mol. The summed E-state index contributed by atoms with van der Waals surface area (Å²) in [6.45, 7) is 9.93. The smallest absolute Gasteiger partial charge is 0.153 e. The van der Waals surface area contributed by atoms with Gasteiger partial charge in [-0.05, 0) is 30.7 Å². The molecule has 1 N–H and O–H groups in total. The Morgan fingerprint density at radius 3 is 1.82 bits per heavy atom. The Labute approximate surface area is 133 Å². The molecule has 0 aliphatic carbocycles. The Hall–Kier alpha value is -2.60. The molecule has 22 heavy (non-hydrogen) atoms. The van der Waals surface area contributed by atoms with Crippen LogP contribution >= 0.6 is 0 Å². The zero-order valence-electron chi connectivity index (χ0n) is 14.0. The van der Waals surface area contributed by atoms with Crippen molar-refractivity contribution in [3.05, 3.63) is 65.2 Å². The number of rotatable bonds is 1. The molecule has 0 bridgehead atoms. The molecular weight excluding hydrogens is 274 g/mol. The first-order chi connectivity index (χ1) is 10.7. The largest absolute Gasteiger partial charge is 0.507 e. The number of carbonyl (C=O) groups excluding carboxylic acids is 1. The van der Waals surface area contributed by atoms with Gasteiger partial charge < -0.3 is 5.11 Å². The Morgan fingerprint density at radius 2 is 1.45 bits per heavy atom. The average Bonchev–Trinajstić information content (AvgIpc) is 2.60. The zero-order valence-corrected chi connectivity index (χ0v) is 14.0. The number of hydrogen-bond donors (Lipinski definition) is 1. The van der Waals surface area contributed by atoms with Gasteiger partial charge >= 0.3 is 0 Å². The van der Waals surface area contributed by atoms with Gasteiger partial charge in [0.2, 0.25) is 0 Å². The maximum absolute atomic E-state index is 10.1. The fourth-order valence-corrected chi connectivity index (χ4v) is 1.29. The van der Waals surface area contributed by atoms with Gasteiger partial charge in [-0.2, -0.15) is 5.26 Å². The molecule has 0 aliphatic rings. The van der Waals surface area contributed by atoms with Crippen molar-refractivity contribution < 1.29 is 9.90 Å². The van der Waals surface area contributed by atoms with Gasteiger partial charge in [0.1, 0.15) is 5.75 Å². The number of aromatic hydroxyl groups is 1. The zero-order chi connectivity index (χ0) is 17.4. The first-order valence-corrected chi connectivity index (χ1v) is 7.38. The number of nitrogens with zero attached hydrogens (tertiary/aromatic N) is 1. The number of aldehydes is 1. The third-order valence-electron chi connectivity index (χ3n) is 2.33. The lowest BCUT2D eigenvalue weighted by molar-refractivity contribution is 0.112. The molecule has 118 valence electrons. The van der Waals surface area contributed by atoms with E-state index in [4.69, 9.17) is 10.4 Å². The van der Waals surface area contributed by atoms with Crippen molar-refractivity contribution in [3.8, 4) is 11.8 Å². The molecule has 0 radical (unpaired) electrons. The Kier molecular flexibility index (Phi) is 14.6. The number of phenolic OH excluding ortho intramolecular Hbond substituents is 1. The molecule has 0 atom stereocenters. The summed E-state index contributed by atoms with van der Waals surface area (Å²) in [6, 6.07) is 16.0. The van der Waals surface area contributed by atoms with Gasteiger partial charge in [0.05, 0.1) is 17.2 Å². The summed E-state index contributed by atoms with van der Waals surface area (Å²) < 4.78 is 0. The topological polar surface area (TPSA) is 61.1 Å². The maximum Gasteiger partial charge on any atom is 0.153 e. The van der Waals surface area contributed by atoms with Crippen molar-refractivity contribution >= 4 is 6.29 Å². The van der Waals surface area contributed by atoms with Crippen LogP contribution in [0, 0.1) is 18.3 Å². The van der Waals surface area contributed by atoms with Gasteiger partial charge in [0, 0.05) is 0 Å². The van der Waals surface area contributed by atoms with Crippen LogP contribution < -0.4 is 0 Å². The lowest BCUT2D eigenvalue weighted by Crippen LogP contribution is -1.77. The lowest BCUT2D eigenvalue weighted by Gasteiger charge is -1.91. The summed E-state index contributed by atoms with van der Waals surface area (Å²) >= 11 is 0. The number of aryl methyl sites for hydroxylation is 1. The van der Waals surface area contributed by atoms with Crippen LogP contribution in [0.1, 0.15) is 49.2 Å². The molecule has 3 nitrogen and oxygen atoms in total. The van der Waals surface area contributed by atoms with Crippen LogP contribution in [0.15, 0.2) is 48.5 Å². The van der Waals surface area contributed by atoms with E-state index in [0.717, 1.165) is 11.1 Å². The maximum atomic E-state index is 10.1. The van der Waals surface area contributed by atoms with Crippen LogP contribution in [0.2, 0.25) is 0 Å². The number of benzene rings is 2. The highest BCUT2D eigenvalue weighted by atomic mass is 16.3. The highest BCUT2D eigenvalue weighted by Crippen LogP contribution is 2.11. The van der Waals surface area contributed by atoms with Crippen LogP contribution in [0.4, 0.5) is 0 Å². The van der Waals surface area contributed by atoms with Gasteiger partial charge in [-0.25, -0.2) is 0 Å². The van der Waals surface area contributed by atoms with Crippen LogP contribution in [-0.4, -0.2) is 11.4 Å². The van der Waals surface area contributed by atoms with Crippen LogP contribution in [0.5, 0.6) is 5.75 Å². The summed E-state index contributed by atoms with van der Waals surface area (Å²) in [6.07, 6.45) is 0.620. The van der Waals surface area contributed by atoms with Gasteiger partial charge in [-0.3, -0.25) is 4.79 Å². The van der Waals surface area contributed by atoms with E-state index in [1.54, 1.807) is 18.2 Å². The Morgan fingerprint density at radius 1 is 0.955 bits per heavy atom. The van der Waals surface area contributed by atoms with E-state index in [-0.39, 0.29) is 5.75 Å². The van der Waals surface area contributed by atoms with Gasteiger partial charge in [-0.1, -0.05) is 58.0 Å². The van der Waals surface area contributed by atoms with E-state index in [0.29, 0.717) is 11.8 Å². The third-order valence-corrected chi connectivity index (χ3v) is 2.33. The Balaban J connectivity index is 0. The van der Waals surface area contributed by atoms with Gasteiger partial charge in [0.15, 0.2) is 6.29 Å². The van der Waals surface area contributed by atoms with E-state index < -0.39 is 0 Å². The summed E-state index contributed by atoms with van der Waals surface area (Å²) in [4.78, 5) is 10.1. The molecule has 0 saturated carbocycles. The minimum Gasteiger partial charge on any atom is -0.507 e. The van der Waals surface area contributed by atoms with Crippen LogP contribution in [-0.2, 0) is 0 Å². The second kappa shape index (κ2) is 14.8. The fourth-order valence-electron chi connectivity index (χ4n) is 1.29. The van der Waals surface area contributed by atoms with Crippen molar-refractivity contribution in [2.24, 2.45) is 0 Å². The molecule has 2 rings (SSSR count). The molecule has 0 aromatic heterocycles. The Bertz CT molecular complexity index is 572. The minimum absolute atomic E-state index is 0.0347. The molecule has 0 amide bonds. The molecule has 2 aromatic carbocycles. The molecule has 3 heteroatoms. The quantitative estimate of drug-likeness (QED) is 0.743. The molecule has 0 aliphatic heterocycles. The van der Waals surface area contributed by atoms with Crippen molar-refractivity contribution in [3.63, 3.8) is 0 Å². The van der Waals surface area contributed by atoms with E-state index in [9.17, 15) is 4.79 Å². The monoisotopic (exact) mass is 299 g/mol. The highest BCUT2D eigenvalue weighted by Gasteiger charge is 1.93. The van der Waals surface area contributed by atoms with Crippen molar-refractivity contribution in [1.29, 1.82) is 5.26 Å². The molecule has 0 fully saturated rings. The minimum atomic E-state index is 0.0347. The number of phenols is 1.